The van der Waals surface area contributed by atoms with Gasteiger partial charge in [-0.2, -0.15) is 4.57 Å². The third kappa shape index (κ3) is 9.87. The molecule has 188 valence electrons. The zero-order valence-electron chi connectivity index (χ0n) is 22.3. The van der Waals surface area contributed by atoms with E-state index in [1.165, 1.54) is 63.4 Å². The van der Waals surface area contributed by atoms with Crippen LogP contribution < -0.4 is 14.6 Å². The fourth-order valence-corrected chi connectivity index (χ4v) is 4.20. The Balaban J connectivity index is 1.79. The van der Waals surface area contributed by atoms with Gasteiger partial charge in [-0.05, 0) is 41.2 Å². The molecule has 0 aliphatic rings. The molecule has 0 saturated heterocycles. The Kier molecular flexibility index (Phi) is 12.1. The van der Waals surface area contributed by atoms with Crippen molar-refractivity contribution in [3.05, 3.63) is 59.4 Å². The standard InChI is InChI=1S/C30H46N2O2/c1-6-7-8-9-10-11-12-13-14-17-22-34-28-20-19-25(23-26(28)30(2,3)4)24-31-29(33)27-18-15-16-21-32(27)5/h15-16,18-21,23H,6-14,17,22,24H2,1-5H3/p+1. The van der Waals surface area contributed by atoms with Gasteiger partial charge in [-0.3, -0.25) is 4.79 Å². The fourth-order valence-electron chi connectivity index (χ4n) is 4.20. The maximum absolute atomic E-state index is 12.6. The average molecular weight is 468 g/mol. The minimum atomic E-state index is -0.0679. The number of carbonyl (C=O) groups is 1. The molecule has 4 heteroatoms. The van der Waals surface area contributed by atoms with Gasteiger partial charge in [0.25, 0.3) is 5.69 Å². The zero-order valence-corrected chi connectivity index (χ0v) is 22.3. The monoisotopic (exact) mass is 467 g/mol. The Bertz CT molecular complexity index is 870. The van der Waals surface area contributed by atoms with Gasteiger partial charge in [0.1, 0.15) is 12.8 Å². The molecule has 0 spiro atoms. The van der Waals surface area contributed by atoms with Crippen molar-refractivity contribution in [2.75, 3.05) is 6.61 Å². The molecule has 0 unspecified atom stereocenters. The van der Waals surface area contributed by atoms with Crippen molar-refractivity contribution >= 4 is 5.91 Å². The van der Waals surface area contributed by atoms with Crippen LogP contribution in [0.3, 0.4) is 0 Å². The largest absolute Gasteiger partial charge is 0.493 e. The first-order chi connectivity index (χ1) is 16.3. The van der Waals surface area contributed by atoms with Crippen molar-refractivity contribution in [1.29, 1.82) is 0 Å². The summed E-state index contributed by atoms with van der Waals surface area (Å²) >= 11 is 0. The predicted molar refractivity (Wildman–Crippen MR) is 141 cm³/mol. The van der Waals surface area contributed by atoms with Crippen LogP contribution in [0.15, 0.2) is 42.6 Å². The summed E-state index contributed by atoms with van der Waals surface area (Å²) in [4.78, 5) is 12.6. The highest BCUT2D eigenvalue weighted by Gasteiger charge is 2.20. The van der Waals surface area contributed by atoms with E-state index in [0.29, 0.717) is 12.2 Å². The first-order valence-electron chi connectivity index (χ1n) is 13.3. The summed E-state index contributed by atoms with van der Waals surface area (Å²) in [6.45, 7) is 10.2. The number of rotatable bonds is 15. The molecule has 1 N–H and O–H groups in total. The van der Waals surface area contributed by atoms with Crippen LogP contribution in [0.5, 0.6) is 5.75 Å². The number of carbonyl (C=O) groups excluding carboxylic acids is 1. The molecule has 0 aliphatic carbocycles. The summed E-state index contributed by atoms with van der Waals surface area (Å²) < 4.78 is 8.04. The van der Waals surface area contributed by atoms with Crippen molar-refractivity contribution in [2.45, 2.75) is 104 Å². The number of nitrogens with zero attached hydrogens (tertiary/aromatic N) is 1. The minimum Gasteiger partial charge on any atom is -0.493 e. The maximum atomic E-state index is 12.6. The van der Waals surface area contributed by atoms with Crippen molar-refractivity contribution in [3.8, 4) is 5.75 Å². The molecule has 4 nitrogen and oxygen atoms in total. The third-order valence-electron chi connectivity index (χ3n) is 6.35. The second-order valence-corrected chi connectivity index (χ2v) is 10.5. The summed E-state index contributed by atoms with van der Waals surface area (Å²) in [5, 5.41) is 3.04. The van der Waals surface area contributed by atoms with Crippen molar-refractivity contribution in [1.82, 2.24) is 5.32 Å². The van der Waals surface area contributed by atoms with Gasteiger partial charge in [0.05, 0.1) is 6.61 Å². The van der Waals surface area contributed by atoms with E-state index in [1.54, 1.807) is 0 Å². The van der Waals surface area contributed by atoms with Gasteiger partial charge in [0.15, 0.2) is 6.20 Å². The molecule has 2 aromatic rings. The third-order valence-corrected chi connectivity index (χ3v) is 6.35. The number of pyridine rings is 1. The lowest BCUT2D eigenvalue weighted by Gasteiger charge is -2.24. The van der Waals surface area contributed by atoms with Crippen LogP contribution >= 0.6 is 0 Å². The van der Waals surface area contributed by atoms with Crippen molar-refractivity contribution < 1.29 is 14.1 Å². The topological polar surface area (TPSA) is 42.2 Å². The molecule has 1 heterocycles. The molecule has 34 heavy (non-hydrogen) atoms. The highest BCUT2D eigenvalue weighted by molar-refractivity contribution is 5.90. The number of unbranched alkanes of at least 4 members (excludes halogenated alkanes) is 9. The molecule has 0 saturated carbocycles. The molecule has 0 fully saturated rings. The van der Waals surface area contributed by atoms with Crippen LogP contribution in [0.25, 0.3) is 0 Å². The van der Waals surface area contributed by atoms with Gasteiger partial charge in [-0.1, -0.05) is 91.5 Å². The molecule has 0 aliphatic heterocycles. The summed E-state index contributed by atoms with van der Waals surface area (Å²) in [6, 6.07) is 11.9. The molecule has 0 radical (unpaired) electrons. The maximum Gasteiger partial charge on any atom is 0.316 e. The summed E-state index contributed by atoms with van der Waals surface area (Å²) in [7, 11) is 1.88. The lowest BCUT2D eigenvalue weighted by molar-refractivity contribution is -0.673. The zero-order chi connectivity index (χ0) is 24.8. The smallest absolute Gasteiger partial charge is 0.316 e. The van der Waals surface area contributed by atoms with Gasteiger partial charge in [0.2, 0.25) is 0 Å². The quantitative estimate of drug-likeness (QED) is 0.225. The summed E-state index contributed by atoms with van der Waals surface area (Å²) in [5.74, 6) is 0.898. The Morgan fingerprint density at radius 2 is 1.56 bits per heavy atom. The van der Waals surface area contributed by atoms with E-state index < -0.39 is 0 Å². The first kappa shape index (κ1) is 27.9. The molecular formula is C30H47N2O2+. The van der Waals surface area contributed by atoms with Gasteiger partial charge in [-0.25, -0.2) is 0 Å². The predicted octanol–water partition coefficient (Wildman–Crippen LogP) is 7.04. The van der Waals surface area contributed by atoms with E-state index in [9.17, 15) is 4.79 Å². The normalized spacial score (nSPS) is 11.4. The van der Waals surface area contributed by atoms with Crippen molar-refractivity contribution in [2.24, 2.45) is 7.05 Å². The van der Waals surface area contributed by atoms with Crippen molar-refractivity contribution in [3.63, 3.8) is 0 Å². The first-order valence-corrected chi connectivity index (χ1v) is 13.3. The molecule has 0 atom stereocenters. The highest BCUT2D eigenvalue weighted by atomic mass is 16.5. The summed E-state index contributed by atoms with van der Waals surface area (Å²) in [6.07, 6.45) is 15.1. The van der Waals surface area contributed by atoms with E-state index in [0.717, 1.165) is 24.3 Å². The van der Waals surface area contributed by atoms with Gasteiger partial charge >= 0.3 is 5.91 Å². The molecule has 2 rings (SSSR count). The van der Waals surface area contributed by atoms with Crippen LogP contribution in [0, 0.1) is 0 Å². The lowest BCUT2D eigenvalue weighted by Crippen LogP contribution is -2.40. The number of amides is 1. The minimum absolute atomic E-state index is 0.0288. The number of hydrogen-bond acceptors (Lipinski definition) is 2. The van der Waals surface area contributed by atoms with E-state index in [-0.39, 0.29) is 11.3 Å². The second kappa shape index (κ2) is 14.8. The van der Waals surface area contributed by atoms with Gasteiger partial charge < -0.3 is 10.1 Å². The van der Waals surface area contributed by atoms with Crippen LogP contribution in [-0.4, -0.2) is 12.5 Å². The Morgan fingerprint density at radius 1 is 0.912 bits per heavy atom. The second-order valence-electron chi connectivity index (χ2n) is 10.5. The Hall–Kier alpha value is -2.36. The number of ether oxygens (including phenoxy) is 1. The lowest BCUT2D eigenvalue weighted by atomic mass is 9.85. The molecular weight excluding hydrogens is 420 g/mol. The molecule has 0 bridgehead atoms. The summed E-state index contributed by atoms with van der Waals surface area (Å²) in [5.41, 5.74) is 2.90. The number of aromatic nitrogens is 1. The Labute approximate surface area is 208 Å². The molecule has 1 aromatic carbocycles. The molecule has 1 amide bonds. The SMILES string of the molecule is CCCCCCCCCCCCOc1ccc(CNC(=O)c2cccc[n+]2C)cc1C(C)(C)C. The van der Waals surface area contributed by atoms with Gasteiger partial charge in [0, 0.05) is 18.7 Å². The Morgan fingerprint density at radius 3 is 2.18 bits per heavy atom. The molecule has 1 aromatic heterocycles. The average Bonchev–Trinajstić information content (AvgIpc) is 2.81. The van der Waals surface area contributed by atoms with Crippen LogP contribution in [-0.2, 0) is 19.0 Å². The van der Waals surface area contributed by atoms with E-state index in [2.05, 4.69) is 51.2 Å². The van der Waals surface area contributed by atoms with Crippen LogP contribution in [0.1, 0.15) is 114 Å². The van der Waals surface area contributed by atoms with Crippen LogP contribution in [0.4, 0.5) is 0 Å². The fraction of sp³-hybridized carbons (Fsp3) is 0.600. The van der Waals surface area contributed by atoms with Crippen LogP contribution in [0.2, 0.25) is 0 Å². The number of aryl methyl sites for hydroxylation is 1. The number of benzene rings is 1. The van der Waals surface area contributed by atoms with E-state index in [4.69, 9.17) is 4.74 Å². The van der Waals surface area contributed by atoms with E-state index >= 15 is 0 Å². The highest BCUT2D eigenvalue weighted by Crippen LogP contribution is 2.32. The van der Waals surface area contributed by atoms with E-state index in [1.807, 2.05) is 36.0 Å². The number of nitrogens with one attached hydrogen (secondary N) is 1. The van der Waals surface area contributed by atoms with Gasteiger partial charge in [-0.15, -0.1) is 0 Å². The number of hydrogen-bond donors (Lipinski definition) is 1.